The lowest BCUT2D eigenvalue weighted by Gasteiger charge is -2.17. The molecule has 0 saturated carbocycles. The van der Waals surface area contributed by atoms with Crippen LogP contribution < -0.4 is 4.74 Å². The van der Waals surface area contributed by atoms with Crippen LogP contribution in [0.2, 0.25) is 0 Å². The second-order valence-electron chi connectivity index (χ2n) is 4.50. The second-order valence-corrected chi connectivity index (χ2v) is 4.50. The Bertz CT molecular complexity index is 519. The highest BCUT2D eigenvalue weighted by Gasteiger charge is 2.36. The number of rotatable bonds is 3. The summed E-state index contributed by atoms with van der Waals surface area (Å²) < 4.78 is 11.1. The van der Waals surface area contributed by atoms with Crippen LogP contribution in [0.15, 0.2) is 24.3 Å². The first-order valence-corrected chi connectivity index (χ1v) is 5.68. The predicted molar refractivity (Wildman–Crippen MR) is 67.1 cm³/mol. The second kappa shape index (κ2) is 4.46. The van der Waals surface area contributed by atoms with Crippen molar-refractivity contribution >= 4 is 5.78 Å². The Morgan fingerprint density at radius 2 is 2.11 bits per heavy atom. The number of carbonyl (C=O) groups is 1. The third-order valence-corrected chi connectivity index (χ3v) is 3.08. The summed E-state index contributed by atoms with van der Waals surface area (Å²) in [7, 11) is 1.58. The Balaban J connectivity index is 2.51. The molecule has 0 amide bonds. The zero-order chi connectivity index (χ0) is 13.4. The lowest BCUT2D eigenvalue weighted by molar-refractivity contribution is 0.0444. The van der Waals surface area contributed by atoms with E-state index >= 15 is 0 Å². The minimum Gasteiger partial charge on any atom is -0.507 e. The Morgan fingerprint density at radius 1 is 1.44 bits per heavy atom. The van der Waals surface area contributed by atoms with Crippen LogP contribution in [0.1, 0.15) is 35.9 Å². The van der Waals surface area contributed by atoms with Gasteiger partial charge in [0, 0.05) is 12.7 Å². The lowest BCUT2D eigenvalue weighted by Crippen LogP contribution is -2.20. The first-order valence-electron chi connectivity index (χ1n) is 5.68. The minimum atomic E-state index is -0.301. The van der Waals surface area contributed by atoms with Gasteiger partial charge in [-0.25, -0.2) is 0 Å². The quantitative estimate of drug-likeness (QED) is 0.660. The van der Waals surface area contributed by atoms with Crippen molar-refractivity contribution in [1.29, 1.82) is 0 Å². The molecule has 2 unspecified atom stereocenters. The molecular formula is C14H16O4. The minimum absolute atomic E-state index is 0.0470. The van der Waals surface area contributed by atoms with Gasteiger partial charge in [-0.2, -0.15) is 0 Å². The Morgan fingerprint density at radius 3 is 2.61 bits per heavy atom. The van der Waals surface area contributed by atoms with Gasteiger partial charge in [0.05, 0.1) is 5.56 Å². The van der Waals surface area contributed by atoms with Gasteiger partial charge in [-0.15, -0.1) is 0 Å². The van der Waals surface area contributed by atoms with Crippen molar-refractivity contribution in [2.24, 2.45) is 0 Å². The van der Waals surface area contributed by atoms with Crippen molar-refractivity contribution in [2.45, 2.75) is 26.1 Å². The summed E-state index contributed by atoms with van der Waals surface area (Å²) in [5, 5.41) is 9.83. The molecule has 1 aromatic carbocycles. The maximum Gasteiger partial charge on any atom is 0.163 e. The smallest absolute Gasteiger partial charge is 0.163 e. The summed E-state index contributed by atoms with van der Waals surface area (Å²) in [6.45, 7) is 7.12. The van der Waals surface area contributed by atoms with E-state index in [1.807, 2.05) is 6.92 Å². The molecule has 1 N–H and O–H groups in total. The van der Waals surface area contributed by atoms with Gasteiger partial charge in [0.15, 0.2) is 5.78 Å². The van der Waals surface area contributed by atoms with Crippen molar-refractivity contribution in [1.82, 2.24) is 0 Å². The number of phenols is 1. The standard InChI is InChI=1S/C14H16O4/c1-7(2)13-14(17-4)10-5-11(16)9(8(3)15)6-12(10)18-13/h5-6,13-14,16H,1H2,2-4H3. The van der Waals surface area contributed by atoms with Crippen LogP contribution in [0.4, 0.5) is 0 Å². The van der Waals surface area contributed by atoms with Crippen molar-refractivity contribution in [2.75, 3.05) is 7.11 Å². The van der Waals surface area contributed by atoms with Crippen LogP contribution >= 0.6 is 0 Å². The maximum absolute atomic E-state index is 11.4. The van der Waals surface area contributed by atoms with Gasteiger partial charge in [-0.3, -0.25) is 4.79 Å². The van der Waals surface area contributed by atoms with Crippen LogP contribution in [0.25, 0.3) is 0 Å². The molecule has 0 saturated heterocycles. The van der Waals surface area contributed by atoms with Crippen molar-refractivity contribution < 1.29 is 19.4 Å². The molecular weight excluding hydrogens is 232 g/mol. The van der Waals surface area contributed by atoms with E-state index in [-0.39, 0.29) is 29.3 Å². The molecule has 0 aliphatic carbocycles. The first-order chi connectivity index (χ1) is 8.45. The number of phenolic OH excluding ortho intramolecular Hbond substituents is 1. The monoisotopic (exact) mass is 248 g/mol. The summed E-state index contributed by atoms with van der Waals surface area (Å²) >= 11 is 0. The molecule has 18 heavy (non-hydrogen) atoms. The highest BCUT2D eigenvalue weighted by molar-refractivity contribution is 5.97. The van der Waals surface area contributed by atoms with E-state index in [0.29, 0.717) is 5.75 Å². The summed E-state index contributed by atoms with van der Waals surface area (Å²) in [6.07, 6.45) is -0.587. The molecule has 1 heterocycles. The molecule has 1 aliphatic heterocycles. The molecule has 4 nitrogen and oxygen atoms in total. The first kappa shape index (κ1) is 12.6. The topological polar surface area (TPSA) is 55.8 Å². The SMILES string of the molecule is C=C(C)C1Oc2cc(C(C)=O)c(O)cc2C1OC. The van der Waals surface area contributed by atoms with Gasteiger partial charge in [-0.1, -0.05) is 6.58 Å². The number of ether oxygens (including phenoxy) is 2. The molecule has 1 aliphatic rings. The average Bonchev–Trinajstić information content (AvgIpc) is 2.65. The zero-order valence-electron chi connectivity index (χ0n) is 10.7. The molecule has 2 atom stereocenters. The van der Waals surface area contributed by atoms with E-state index in [1.54, 1.807) is 13.2 Å². The van der Waals surface area contributed by atoms with E-state index in [2.05, 4.69) is 6.58 Å². The molecule has 4 heteroatoms. The number of Topliss-reactive ketones (excluding diaryl/α,β-unsaturated/α-hetero) is 1. The summed E-state index contributed by atoms with van der Waals surface area (Å²) in [5.74, 6) is 0.318. The molecule has 0 aromatic heterocycles. The molecule has 0 radical (unpaired) electrons. The number of benzene rings is 1. The molecule has 0 fully saturated rings. The largest absolute Gasteiger partial charge is 0.507 e. The van der Waals surface area contributed by atoms with Crippen LogP contribution in [0, 0.1) is 0 Å². The van der Waals surface area contributed by atoms with Crippen LogP contribution in [-0.2, 0) is 4.74 Å². The van der Waals surface area contributed by atoms with Gasteiger partial charge in [0.2, 0.25) is 0 Å². The number of aromatic hydroxyl groups is 1. The highest BCUT2D eigenvalue weighted by atomic mass is 16.5. The third-order valence-electron chi connectivity index (χ3n) is 3.08. The Labute approximate surface area is 106 Å². The number of fused-ring (bicyclic) bond motifs is 1. The summed E-state index contributed by atoms with van der Waals surface area (Å²) in [5.41, 5.74) is 1.83. The molecule has 0 spiro atoms. The van der Waals surface area contributed by atoms with E-state index < -0.39 is 0 Å². The van der Waals surface area contributed by atoms with Gasteiger partial charge < -0.3 is 14.6 Å². The fourth-order valence-electron chi connectivity index (χ4n) is 2.16. The number of hydrogen-bond acceptors (Lipinski definition) is 4. The van der Waals surface area contributed by atoms with E-state index in [0.717, 1.165) is 11.1 Å². The fourth-order valence-corrected chi connectivity index (χ4v) is 2.16. The fraction of sp³-hybridized carbons (Fsp3) is 0.357. The Kier molecular flexibility index (Phi) is 3.13. The van der Waals surface area contributed by atoms with Crippen molar-refractivity contribution in [3.8, 4) is 11.5 Å². The molecule has 2 rings (SSSR count). The van der Waals surface area contributed by atoms with Crippen LogP contribution in [-0.4, -0.2) is 24.1 Å². The van der Waals surface area contributed by atoms with Crippen molar-refractivity contribution in [3.63, 3.8) is 0 Å². The van der Waals surface area contributed by atoms with Crippen LogP contribution in [0.5, 0.6) is 11.5 Å². The van der Waals surface area contributed by atoms with E-state index in [9.17, 15) is 9.90 Å². The number of carbonyl (C=O) groups excluding carboxylic acids is 1. The normalized spacial score (nSPS) is 21.3. The highest BCUT2D eigenvalue weighted by Crippen LogP contribution is 2.43. The molecule has 0 bridgehead atoms. The van der Waals surface area contributed by atoms with E-state index in [1.165, 1.54) is 13.0 Å². The number of hydrogen-bond donors (Lipinski definition) is 1. The predicted octanol–water partition coefficient (Wildman–Crippen LogP) is 2.62. The lowest BCUT2D eigenvalue weighted by atomic mass is 10.00. The molecule has 96 valence electrons. The number of methoxy groups -OCH3 is 1. The van der Waals surface area contributed by atoms with Gasteiger partial charge in [0.1, 0.15) is 23.7 Å². The molecule has 1 aromatic rings. The zero-order valence-corrected chi connectivity index (χ0v) is 10.7. The average molecular weight is 248 g/mol. The third kappa shape index (κ3) is 1.88. The van der Waals surface area contributed by atoms with Crippen molar-refractivity contribution in [3.05, 3.63) is 35.4 Å². The summed E-state index contributed by atoms with van der Waals surface area (Å²) in [4.78, 5) is 11.4. The van der Waals surface area contributed by atoms with Crippen LogP contribution in [0.3, 0.4) is 0 Å². The number of ketones is 1. The van der Waals surface area contributed by atoms with Gasteiger partial charge in [0.25, 0.3) is 0 Å². The Hall–Kier alpha value is -1.81. The summed E-state index contributed by atoms with van der Waals surface area (Å²) in [6, 6.07) is 3.09. The van der Waals surface area contributed by atoms with E-state index in [4.69, 9.17) is 9.47 Å². The van der Waals surface area contributed by atoms with Gasteiger partial charge >= 0.3 is 0 Å². The van der Waals surface area contributed by atoms with Gasteiger partial charge in [-0.05, 0) is 31.6 Å². The maximum atomic E-state index is 11.4.